The Morgan fingerprint density at radius 2 is 1.97 bits per heavy atom. The fourth-order valence-electron chi connectivity index (χ4n) is 3.79. The number of nitrogens with one attached hydrogen (secondary N) is 1. The molecule has 1 aliphatic rings. The molecule has 33 heavy (non-hydrogen) atoms. The van der Waals surface area contributed by atoms with Crippen molar-refractivity contribution in [1.29, 1.82) is 0 Å². The Hall–Kier alpha value is -3.29. The number of carbonyl (C=O) groups excluding carboxylic acids is 1. The molecular weight excluding hydrogens is 434 g/mol. The van der Waals surface area contributed by atoms with E-state index in [2.05, 4.69) is 10.3 Å². The average Bonchev–Trinajstić information content (AvgIpc) is 3.52. The van der Waals surface area contributed by atoms with E-state index in [4.69, 9.17) is 9.47 Å². The largest absolute Gasteiger partial charge is 0.491 e. The van der Waals surface area contributed by atoms with E-state index in [1.165, 1.54) is 0 Å². The van der Waals surface area contributed by atoms with Crippen molar-refractivity contribution < 1.29 is 14.3 Å². The summed E-state index contributed by atoms with van der Waals surface area (Å²) in [6.45, 7) is 1.38. The maximum absolute atomic E-state index is 13.0. The fourth-order valence-corrected chi connectivity index (χ4v) is 4.72. The van der Waals surface area contributed by atoms with Crippen LogP contribution in [0, 0.1) is 0 Å². The van der Waals surface area contributed by atoms with Crippen molar-refractivity contribution >= 4 is 29.0 Å². The van der Waals surface area contributed by atoms with E-state index >= 15 is 0 Å². The van der Waals surface area contributed by atoms with Gasteiger partial charge in [0, 0.05) is 35.3 Å². The number of pyridine rings is 1. The zero-order chi connectivity index (χ0) is 22.5. The molecule has 1 aliphatic heterocycles. The summed E-state index contributed by atoms with van der Waals surface area (Å²) in [4.78, 5) is 18.5. The van der Waals surface area contributed by atoms with Gasteiger partial charge in [-0.2, -0.15) is 0 Å². The molecule has 5 rings (SSSR count). The first-order valence-electron chi connectivity index (χ1n) is 11.0. The third kappa shape index (κ3) is 5.38. The second-order valence-electron chi connectivity index (χ2n) is 7.91. The summed E-state index contributed by atoms with van der Waals surface area (Å²) in [5.41, 5.74) is 3.26. The maximum Gasteiger partial charge on any atom is 0.256 e. The van der Waals surface area contributed by atoms with E-state index < -0.39 is 0 Å². The molecule has 2 aromatic carbocycles. The predicted molar refractivity (Wildman–Crippen MR) is 130 cm³/mol. The zero-order valence-corrected chi connectivity index (χ0v) is 19.0. The van der Waals surface area contributed by atoms with Crippen molar-refractivity contribution in [1.82, 2.24) is 9.38 Å². The molecule has 2 aromatic heterocycles. The van der Waals surface area contributed by atoms with Crippen LogP contribution in [0.3, 0.4) is 0 Å². The van der Waals surface area contributed by atoms with Gasteiger partial charge in [-0.25, -0.2) is 4.98 Å². The number of imidazole rings is 1. The topological polar surface area (TPSA) is 64.9 Å². The van der Waals surface area contributed by atoms with Gasteiger partial charge in [-0.05, 0) is 61.4 Å². The van der Waals surface area contributed by atoms with Gasteiger partial charge in [0.25, 0.3) is 5.91 Å². The van der Waals surface area contributed by atoms with Crippen molar-refractivity contribution in [3.05, 3.63) is 90.4 Å². The quantitative estimate of drug-likeness (QED) is 0.356. The van der Waals surface area contributed by atoms with Gasteiger partial charge in [0.15, 0.2) is 0 Å². The standard InChI is InChI=1S/C26H25N3O3S/c30-26(28-19-10-12-21(13-11-19)32-17-22-6-5-15-31-22)23-7-1-2-8-24(23)33-18-20-16-29-14-4-3-9-25(29)27-20/h1-4,7-14,16,22H,5-6,15,17-18H2,(H,28,30). The van der Waals surface area contributed by atoms with Crippen LogP contribution in [0.25, 0.3) is 5.65 Å². The molecule has 0 spiro atoms. The van der Waals surface area contributed by atoms with Gasteiger partial charge in [0.05, 0.1) is 17.4 Å². The highest BCUT2D eigenvalue weighted by Crippen LogP contribution is 2.27. The number of nitrogens with zero attached hydrogens (tertiary/aromatic N) is 2. The first-order chi connectivity index (χ1) is 16.2. The molecule has 1 fully saturated rings. The number of carbonyl (C=O) groups is 1. The summed E-state index contributed by atoms with van der Waals surface area (Å²) in [5, 5.41) is 2.99. The molecule has 168 valence electrons. The van der Waals surface area contributed by atoms with Crippen LogP contribution in [-0.2, 0) is 10.5 Å². The summed E-state index contributed by atoms with van der Waals surface area (Å²) in [6, 6.07) is 21.0. The summed E-state index contributed by atoms with van der Waals surface area (Å²) in [7, 11) is 0. The minimum atomic E-state index is -0.138. The molecule has 6 nitrogen and oxygen atoms in total. The molecule has 0 aliphatic carbocycles. The van der Waals surface area contributed by atoms with E-state index in [9.17, 15) is 4.79 Å². The van der Waals surface area contributed by atoms with Crippen molar-refractivity contribution in [3.63, 3.8) is 0 Å². The number of anilines is 1. The molecule has 0 bridgehead atoms. The van der Waals surface area contributed by atoms with Crippen molar-refractivity contribution in [2.45, 2.75) is 29.6 Å². The third-order valence-electron chi connectivity index (χ3n) is 5.49. The minimum Gasteiger partial charge on any atom is -0.491 e. The number of hydrogen-bond donors (Lipinski definition) is 1. The molecule has 1 unspecified atom stereocenters. The summed E-state index contributed by atoms with van der Waals surface area (Å²) in [5.74, 6) is 1.32. The normalized spacial score (nSPS) is 15.6. The average molecular weight is 460 g/mol. The van der Waals surface area contributed by atoms with E-state index in [-0.39, 0.29) is 12.0 Å². The maximum atomic E-state index is 13.0. The van der Waals surface area contributed by atoms with E-state index in [1.807, 2.05) is 83.5 Å². The smallest absolute Gasteiger partial charge is 0.256 e. The van der Waals surface area contributed by atoms with E-state index in [1.54, 1.807) is 11.8 Å². The Balaban J connectivity index is 1.20. The summed E-state index contributed by atoms with van der Waals surface area (Å²) >= 11 is 1.61. The molecule has 1 N–H and O–H groups in total. The molecule has 1 atom stereocenters. The first-order valence-corrected chi connectivity index (χ1v) is 12.0. The lowest BCUT2D eigenvalue weighted by atomic mass is 10.2. The molecule has 1 saturated heterocycles. The molecule has 0 saturated carbocycles. The Kier molecular flexibility index (Phi) is 6.60. The molecular formula is C26H25N3O3S. The van der Waals surface area contributed by atoms with Crippen LogP contribution in [0.4, 0.5) is 5.69 Å². The van der Waals surface area contributed by atoms with Gasteiger partial charge in [-0.15, -0.1) is 11.8 Å². The zero-order valence-electron chi connectivity index (χ0n) is 18.1. The number of aromatic nitrogens is 2. The highest BCUT2D eigenvalue weighted by Gasteiger charge is 2.16. The van der Waals surface area contributed by atoms with Gasteiger partial charge in [-0.3, -0.25) is 4.79 Å². The molecule has 3 heterocycles. The Labute approximate surface area is 196 Å². The van der Waals surface area contributed by atoms with Crippen LogP contribution in [0.2, 0.25) is 0 Å². The highest BCUT2D eigenvalue weighted by molar-refractivity contribution is 7.98. The van der Waals surface area contributed by atoms with Crippen molar-refractivity contribution in [3.8, 4) is 5.75 Å². The third-order valence-corrected chi connectivity index (χ3v) is 6.60. The number of hydrogen-bond acceptors (Lipinski definition) is 5. The number of ether oxygens (including phenoxy) is 2. The summed E-state index contributed by atoms with van der Waals surface area (Å²) < 4.78 is 13.4. The lowest BCUT2D eigenvalue weighted by Gasteiger charge is -2.12. The second-order valence-corrected chi connectivity index (χ2v) is 8.92. The summed E-state index contributed by atoms with van der Waals surface area (Å²) in [6.07, 6.45) is 6.32. The lowest BCUT2D eigenvalue weighted by Crippen LogP contribution is -2.16. The van der Waals surface area contributed by atoms with Crippen LogP contribution in [0.15, 0.2) is 84.0 Å². The van der Waals surface area contributed by atoms with Crippen LogP contribution in [-0.4, -0.2) is 34.6 Å². The highest BCUT2D eigenvalue weighted by atomic mass is 32.2. The molecule has 0 radical (unpaired) electrons. The lowest BCUT2D eigenvalue weighted by molar-refractivity contribution is 0.0679. The monoisotopic (exact) mass is 459 g/mol. The second kappa shape index (κ2) is 10.1. The minimum absolute atomic E-state index is 0.138. The van der Waals surface area contributed by atoms with Gasteiger partial charge >= 0.3 is 0 Å². The van der Waals surface area contributed by atoms with E-state index in [0.717, 1.165) is 47.1 Å². The van der Waals surface area contributed by atoms with Crippen LogP contribution in [0.1, 0.15) is 28.9 Å². The van der Waals surface area contributed by atoms with Crippen LogP contribution in [0.5, 0.6) is 5.75 Å². The Bertz CT molecular complexity index is 1200. The Morgan fingerprint density at radius 3 is 2.79 bits per heavy atom. The van der Waals surface area contributed by atoms with Crippen molar-refractivity contribution in [2.75, 3.05) is 18.5 Å². The number of amides is 1. The molecule has 4 aromatic rings. The number of thioether (sulfide) groups is 1. The SMILES string of the molecule is O=C(Nc1ccc(OCC2CCCO2)cc1)c1ccccc1SCc1cn2ccccc2n1. The van der Waals surface area contributed by atoms with Crippen LogP contribution >= 0.6 is 11.8 Å². The number of fused-ring (bicyclic) bond motifs is 1. The molecule has 7 heteroatoms. The van der Waals surface area contributed by atoms with Crippen LogP contribution < -0.4 is 10.1 Å². The number of rotatable bonds is 8. The fraction of sp³-hybridized carbons (Fsp3) is 0.231. The first kappa shape index (κ1) is 21.6. The van der Waals surface area contributed by atoms with E-state index in [0.29, 0.717) is 17.9 Å². The van der Waals surface area contributed by atoms with Gasteiger partial charge < -0.3 is 19.2 Å². The Morgan fingerprint density at radius 1 is 1.12 bits per heavy atom. The predicted octanol–water partition coefficient (Wildman–Crippen LogP) is 5.44. The van der Waals surface area contributed by atoms with Gasteiger partial charge in [0.2, 0.25) is 0 Å². The van der Waals surface area contributed by atoms with Gasteiger partial charge in [-0.1, -0.05) is 18.2 Å². The molecule has 1 amide bonds. The number of benzene rings is 2. The van der Waals surface area contributed by atoms with Crippen molar-refractivity contribution in [2.24, 2.45) is 0 Å². The van der Waals surface area contributed by atoms with Gasteiger partial charge in [0.1, 0.15) is 18.0 Å².